The molecule has 0 aliphatic carbocycles. The summed E-state index contributed by atoms with van der Waals surface area (Å²) in [6.07, 6.45) is 0.230. The molecule has 1 aromatic carbocycles. The molecule has 6 heteroatoms. The van der Waals surface area contributed by atoms with E-state index >= 15 is 0 Å². The third kappa shape index (κ3) is 2.41. The normalized spacial score (nSPS) is 12.2. The summed E-state index contributed by atoms with van der Waals surface area (Å²) >= 11 is 1.35. The first-order valence-electron chi connectivity index (χ1n) is 4.16. The second-order valence-electron chi connectivity index (χ2n) is 2.81. The highest BCUT2D eigenvalue weighted by Gasteiger charge is 2.22. The molecule has 1 atom stereocenters. The predicted molar refractivity (Wildman–Crippen MR) is 58.6 cm³/mol. The van der Waals surface area contributed by atoms with Gasteiger partial charge in [0.25, 0.3) is 0 Å². The number of aliphatic hydroxyl groups is 1. The van der Waals surface area contributed by atoms with Gasteiger partial charge in [0.05, 0.1) is 5.69 Å². The summed E-state index contributed by atoms with van der Waals surface area (Å²) in [6.45, 7) is 0. The summed E-state index contributed by atoms with van der Waals surface area (Å²) in [6, 6.07) is 5.08. The van der Waals surface area contributed by atoms with E-state index in [0.29, 0.717) is 16.1 Å². The Morgan fingerprint density at radius 3 is 2.73 bits per heavy atom. The van der Waals surface area contributed by atoms with Gasteiger partial charge in [-0.05, 0) is 18.4 Å². The van der Waals surface area contributed by atoms with Crippen molar-refractivity contribution >= 4 is 23.4 Å². The van der Waals surface area contributed by atoms with Crippen molar-refractivity contribution in [1.29, 1.82) is 0 Å². The molecule has 0 fully saturated rings. The van der Waals surface area contributed by atoms with Crippen LogP contribution in [0.4, 0.5) is 5.69 Å². The van der Waals surface area contributed by atoms with Crippen LogP contribution in [0.5, 0.6) is 0 Å². The molecule has 5 nitrogen and oxygen atoms in total. The van der Waals surface area contributed by atoms with Crippen LogP contribution in [-0.4, -0.2) is 22.4 Å². The molecule has 1 aromatic rings. The Morgan fingerprint density at radius 2 is 2.27 bits per heavy atom. The fourth-order valence-electron chi connectivity index (χ4n) is 1.25. The van der Waals surface area contributed by atoms with Gasteiger partial charge >= 0.3 is 5.97 Å². The Morgan fingerprint density at radius 1 is 1.60 bits per heavy atom. The standard InChI is InChI=1S/C9H12N2O3S/c1-15-6-4-2-3-5(11-10)7(6)8(12)9(13)14/h2-4,8,11-12H,10H2,1H3,(H,13,14). The van der Waals surface area contributed by atoms with Crippen LogP contribution >= 0.6 is 11.8 Å². The second kappa shape index (κ2) is 5.01. The number of anilines is 1. The number of aliphatic carboxylic acids is 1. The zero-order valence-corrected chi connectivity index (χ0v) is 8.91. The maximum atomic E-state index is 10.7. The Kier molecular flexibility index (Phi) is 3.96. The van der Waals surface area contributed by atoms with Crippen LogP contribution in [0, 0.1) is 0 Å². The van der Waals surface area contributed by atoms with Gasteiger partial charge in [0.15, 0.2) is 6.10 Å². The first-order valence-corrected chi connectivity index (χ1v) is 5.38. The van der Waals surface area contributed by atoms with Crippen LogP contribution in [0.15, 0.2) is 23.1 Å². The highest BCUT2D eigenvalue weighted by Crippen LogP contribution is 2.32. The van der Waals surface area contributed by atoms with Crippen LogP contribution in [0.25, 0.3) is 0 Å². The summed E-state index contributed by atoms with van der Waals surface area (Å²) in [4.78, 5) is 11.4. The number of hydrogen-bond acceptors (Lipinski definition) is 5. The monoisotopic (exact) mass is 228 g/mol. The summed E-state index contributed by atoms with van der Waals surface area (Å²) in [5.41, 5.74) is 3.07. The Hall–Kier alpha value is -1.24. The molecule has 0 radical (unpaired) electrons. The average Bonchev–Trinajstić information content (AvgIpc) is 2.26. The summed E-state index contributed by atoms with van der Waals surface area (Å²) in [7, 11) is 0. The highest BCUT2D eigenvalue weighted by atomic mass is 32.2. The molecule has 0 aliphatic heterocycles. The Balaban J connectivity index is 3.27. The zero-order chi connectivity index (χ0) is 11.4. The molecule has 1 rings (SSSR count). The molecule has 0 amide bonds. The fourth-order valence-corrected chi connectivity index (χ4v) is 1.91. The minimum Gasteiger partial charge on any atom is -0.479 e. The fraction of sp³-hybridized carbons (Fsp3) is 0.222. The van der Waals surface area contributed by atoms with Gasteiger partial charge in [0.1, 0.15) is 0 Å². The molecule has 1 unspecified atom stereocenters. The van der Waals surface area contributed by atoms with E-state index < -0.39 is 12.1 Å². The van der Waals surface area contributed by atoms with E-state index in [1.54, 1.807) is 24.5 Å². The number of hydrazine groups is 1. The molecular weight excluding hydrogens is 216 g/mol. The lowest BCUT2D eigenvalue weighted by molar-refractivity contribution is -0.147. The van der Waals surface area contributed by atoms with Crippen LogP contribution in [0.1, 0.15) is 11.7 Å². The van der Waals surface area contributed by atoms with Crippen molar-refractivity contribution in [2.45, 2.75) is 11.0 Å². The van der Waals surface area contributed by atoms with Crippen molar-refractivity contribution in [3.8, 4) is 0 Å². The van der Waals surface area contributed by atoms with Crippen molar-refractivity contribution in [3.05, 3.63) is 23.8 Å². The first kappa shape index (κ1) is 11.8. The minimum atomic E-state index is -1.57. The predicted octanol–water partition coefficient (Wildman–Crippen LogP) is 0.812. The lowest BCUT2D eigenvalue weighted by Crippen LogP contribution is -2.16. The number of rotatable bonds is 4. The Labute approximate surface area is 91.3 Å². The molecule has 5 N–H and O–H groups in total. The van der Waals surface area contributed by atoms with Gasteiger partial charge < -0.3 is 15.6 Å². The Bertz CT molecular complexity index is 348. The maximum absolute atomic E-state index is 10.7. The molecule has 0 saturated carbocycles. The van der Waals surface area contributed by atoms with Gasteiger partial charge in [-0.3, -0.25) is 5.84 Å². The third-order valence-corrected chi connectivity index (χ3v) is 2.74. The molecule has 0 aromatic heterocycles. The number of nitrogens with one attached hydrogen (secondary N) is 1. The van der Waals surface area contributed by atoms with E-state index in [0.717, 1.165) is 0 Å². The molecule has 0 saturated heterocycles. The summed E-state index contributed by atoms with van der Waals surface area (Å²) < 4.78 is 0. The number of nitrogens with two attached hydrogens (primary N) is 1. The van der Waals surface area contributed by atoms with Gasteiger partial charge in [0, 0.05) is 10.5 Å². The number of carboxylic acids is 1. The summed E-state index contributed by atoms with van der Waals surface area (Å²) in [5, 5.41) is 18.3. The number of hydrogen-bond donors (Lipinski definition) is 4. The smallest absolute Gasteiger partial charge is 0.337 e. The molecule has 82 valence electrons. The van der Waals surface area contributed by atoms with Crippen molar-refractivity contribution in [2.24, 2.45) is 5.84 Å². The second-order valence-corrected chi connectivity index (χ2v) is 3.65. The van der Waals surface area contributed by atoms with Gasteiger partial charge in [-0.2, -0.15) is 0 Å². The topological polar surface area (TPSA) is 95.6 Å². The van der Waals surface area contributed by atoms with Crippen molar-refractivity contribution in [2.75, 3.05) is 11.7 Å². The molecular formula is C9H12N2O3S. The van der Waals surface area contributed by atoms with Crippen molar-refractivity contribution in [3.63, 3.8) is 0 Å². The number of benzene rings is 1. The van der Waals surface area contributed by atoms with Crippen LogP contribution in [-0.2, 0) is 4.79 Å². The van der Waals surface area contributed by atoms with Gasteiger partial charge in [-0.15, -0.1) is 11.8 Å². The first-order chi connectivity index (χ1) is 7.11. The number of aliphatic hydroxyl groups excluding tert-OH is 1. The number of thioether (sulfide) groups is 1. The largest absolute Gasteiger partial charge is 0.479 e. The van der Waals surface area contributed by atoms with Gasteiger partial charge in [0.2, 0.25) is 0 Å². The van der Waals surface area contributed by atoms with Crippen LogP contribution < -0.4 is 11.3 Å². The average molecular weight is 228 g/mol. The molecule has 0 bridgehead atoms. The molecule has 0 heterocycles. The van der Waals surface area contributed by atoms with Crippen molar-refractivity contribution < 1.29 is 15.0 Å². The van der Waals surface area contributed by atoms with E-state index in [1.807, 2.05) is 0 Å². The molecule has 0 spiro atoms. The maximum Gasteiger partial charge on any atom is 0.337 e. The van der Waals surface area contributed by atoms with E-state index in [2.05, 4.69) is 5.43 Å². The zero-order valence-electron chi connectivity index (χ0n) is 8.10. The lowest BCUT2D eigenvalue weighted by atomic mass is 10.1. The van der Waals surface area contributed by atoms with Gasteiger partial charge in [-0.25, -0.2) is 4.79 Å². The van der Waals surface area contributed by atoms with Gasteiger partial charge in [-0.1, -0.05) is 6.07 Å². The van der Waals surface area contributed by atoms with E-state index in [9.17, 15) is 9.90 Å². The lowest BCUT2D eigenvalue weighted by Gasteiger charge is -2.15. The quantitative estimate of drug-likeness (QED) is 0.346. The van der Waals surface area contributed by atoms with E-state index in [-0.39, 0.29) is 0 Å². The van der Waals surface area contributed by atoms with Crippen molar-refractivity contribution in [1.82, 2.24) is 0 Å². The highest BCUT2D eigenvalue weighted by molar-refractivity contribution is 7.98. The number of carbonyl (C=O) groups is 1. The van der Waals surface area contributed by atoms with E-state index in [4.69, 9.17) is 10.9 Å². The van der Waals surface area contributed by atoms with E-state index in [1.165, 1.54) is 11.8 Å². The number of carboxylic acid groups (broad SMARTS) is 1. The van der Waals surface area contributed by atoms with Crippen LogP contribution in [0.3, 0.4) is 0 Å². The molecule has 0 aliphatic rings. The number of nitrogen functional groups attached to an aromatic ring is 1. The minimum absolute atomic E-state index is 0.292. The SMILES string of the molecule is CSc1cccc(NN)c1C(O)C(=O)O. The summed E-state index contributed by atoms with van der Waals surface area (Å²) in [5.74, 6) is 3.95. The third-order valence-electron chi connectivity index (χ3n) is 1.95. The van der Waals surface area contributed by atoms with Crippen LogP contribution in [0.2, 0.25) is 0 Å². The molecule has 15 heavy (non-hydrogen) atoms.